The quantitative estimate of drug-likeness (QED) is 0.824. The van der Waals surface area contributed by atoms with Crippen LogP contribution in [0.5, 0.6) is 5.75 Å². The monoisotopic (exact) mass is 220 g/mol. The molecule has 0 spiro atoms. The molecule has 1 atom stereocenters. The van der Waals surface area contributed by atoms with Gasteiger partial charge in [-0.15, -0.1) is 0 Å². The Morgan fingerprint density at radius 3 is 3.00 bits per heavy atom. The van der Waals surface area contributed by atoms with Gasteiger partial charge < -0.3 is 15.2 Å². The van der Waals surface area contributed by atoms with Crippen molar-refractivity contribution in [3.05, 3.63) is 29.8 Å². The van der Waals surface area contributed by atoms with Gasteiger partial charge >= 0.3 is 0 Å². The van der Waals surface area contributed by atoms with E-state index >= 15 is 0 Å². The Balaban J connectivity index is 2.21. The summed E-state index contributed by atoms with van der Waals surface area (Å²) in [7, 11) is 0. The van der Waals surface area contributed by atoms with Gasteiger partial charge in [-0.25, -0.2) is 0 Å². The van der Waals surface area contributed by atoms with Crippen molar-refractivity contribution in [3.63, 3.8) is 0 Å². The first-order chi connectivity index (χ1) is 7.70. The molecule has 2 N–H and O–H groups in total. The molecule has 1 aromatic carbocycles. The Labute approximate surface area is 92.9 Å². The van der Waals surface area contributed by atoms with Gasteiger partial charge in [-0.2, -0.15) is 4.99 Å². The number of hydrogen-bond donors (Lipinski definition) is 1. The third-order valence-corrected chi connectivity index (χ3v) is 2.16. The van der Waals surface area contributed by atoms with Crippen molar-refractivity contribution in [1.82, 2.24) is 0 Å². The molecule has 5 heteroatoms. The van der Waals surface area contributed by atoms with Crippen LogP contribution >= 0.6 is 0 Å². The number of amides is 1. The second kappa shape index (κ2) is 4.22. The van der Waals surface area contributed by atoms with Crippen molar-refractivity contribution in [3.8, 4) is 5.75 Å². The van der Waals surface area contributed by atoms with Gasteiger partial charge in [0.05, 0.1) is 6.61 Å². The van der Waals surface area contributed by atoms with Gasteiger partial charge in [0, 0.05) is 5.56 Å². The predicted octanol–water partition coefficient (Wildman–Crippen LogP) is 0.998. The molecule has 0 aliphatic carbocycles. The number of nitrogens with zero attached hydrogens (tertiary/aromatic N) is 1. The zero-order valence-corrected chi connectivity index (χ0v) is 8.84. The van der Waals surface area contributed by atoms with Gasteiger partial charge in [0.25, 0.3) is 11.9 Å². The number of benzene rings is 1. The highest BCUT2D eigenvalue weighted by atomic mass is 16.5. The van der Waals surface area contributed by atoms with Gasteiger partial charge in [-0.1, -0.05) is 12.1 Å². The van der Waals surface area contributed by atoms with E-state index in [0.29, 0.717) is 17.9 Å². The Morgan fingerprint density at radius 2 is 2.38 bits per heavy atom. The highest BCUT2D eigenvalue weighted by Crippen LogP contribution is 2.26. The van der Waals surface area contributed by atoms with Crippen LogP contribution in [-0.4, -0.2) is 18.5 Å². The molecule has 0 radical (unpaired) electrons. The summed E-state index contributed by atoms with van der Waals surface area (Å²) in [6.45, 7) is 2.46. The lowest BCUT2D eigenvalue weighted by atomic mass is 10.1. The molecule has 5 nitrogen and oxygen atoms in total. The van der Waals surface area contributed by atoms with E-state index in [4.69, 9.17) is 15.2 Å². The van der Waals surface area contributed by atoms with Gasteiger partial charge in [0.1, 0.15) is 5.75 Å². The summed E-state index contributed by atoms with van der Waals surface area (Å²) in [5.74, 6) is 0.313. The van der Waals surface area contributed by atoms with Crippen molar-refractivity contribution in [2.24, 2.45) is 10.7 Å². The minimum absolute atomic E-state index is 0.0863. The molecule has 1 aliphatic rings. The Bertz CT molecular complexity index is 443. The zero-order valence-electron chi connectivity index (χ0n) is 8.84. The second-order valence-electron chi connectivity index (χ2n) is 3.29. The zero-order chi connectivity index (χ0) is 11.5. The normalized spacial score (nSPS) is 19.2. The minimum atomic E-state index is -0.736. The summed E-state index contributed by atoms with van der Waals surface area (Å²) in [5.41, 5.74) is 6.02. The third kappa shape index (κ3) is 1.98. The number of nitrogens with two attached hydrogens (primary N) is 1. The van der Waals surface area contributed by atoms with Crippen LogP contribution in [0.3, 0.4) is 0 Å². The number of aliphatic imine (C=N–C) groups is 1. The van der Waals surface area contributed by atoms with Crippen molar-refractivity contribution >= 4 is 11.9 Å². The lowest BCUT2D eigenvalue weighted by Crippen LogP contribution is -2.14. The summed E-state index contributed by atoms with van der Waals surface area (Å²) in [6, 6.07) is 7.05. The molecule has 84 valence electrons. The molecule has 0 bridgehead atoms. The molecular weight excluding hydrogens is 208 g/mol. The average Bonchev–Trinajstić information content (AvgIpc) is 2.59. The van der Waals surface area contributed by atoms with Crippen LogP contribution in [-0.2, 0) is 9.53 Å². The number of amidine groups is 1. The fraction of sp³-hybridized carbons (Fsp3) is 0.273. The Hall–Kier alpha value is -2.04. The topological polar surface area (TPSA) is 73.9 Å². The fourth-order valence-corrected chi connectivity index (χ4v) is 1.51. The van der Waals surface area contributed by atoms with Gasteiger partial charge in [0.2, 0.25) is 6.10 Å². The summed E-state index contributed by atoms with van der Waals surface area (Å²) in [4.78, 5) is 14.9. The number of rotatable bonds is 3. The summed E-state index contributed by atoms with van der Waals surface area (Å²) < 4.78 is 10.4. The fourth-order valence-electron chi connectivity index (χ4n) is 1.51. The van der Waals surface area contributed by atoms with Crippen molar-refractivity contribution in [1.29, 1.82) is 0 Å². The van der Waals surface area contributed by atoms with E-state index in [0.717, 1.165) is 0 Å². The SMILES string of the molecule is CCOc1cccc(C2OC(N)=NC2=O)c1. The number of carbonyl (C=O) groups excluding carboxylic acids is 1. The summed E-state index contributed by atoms with van der Waals surface area (Å²) >= 11 is 0. The molecule has 1 unspecified atom stereocenters. The van der Waals surface area contributed by atoms with E-state index in [1.165, 1.54) is 0 Å². The highest BCUT2D eigenvalue weighted by molar-refractivity contribution is 5.98. The molecule has 0 saturated carbocycles. The maximum atomic E-state index is 11.4. The first-order valence-electron chi connectivity index (χ1n) is 4.98. The maximum Gasteiger partial charge on any atom is 0.296 e. The van der Waals surface area contributed by atoms with E-state index in [1.54, 1.807) is 18.2 Å². The molecule has 1 heterocycles. The molecule has 16 heavy (non-hydrogen) atoms. The van der Waals surface area contributed by atoms with Crippen molar-refractivity contribution < 1.29 is 14.3 Å². The van der Waals surface area contributed by atoms with E-state index in [9.17, 15) is 4.79 Å². The molecule has 0 aromatic heterocycles. The summed E-state index contributed by atoms with van der Waals surface area (Å²) in [5, 5.41) is 0. The van der Waals surface area contributed by atoms with E-state index in [2.05, 4.69) is 4.99 Å². The predicted molar refractivity (Wildman–Crippen MR) is 58.1 cm³/mol. The molecule has 0 fully saturated rings. The van der Waals surface area contributed by atoms with Gasteiger partial charge in [-0.05, 0) is 19.1 Å². The van der Waals surface area contributed by atoms with E-state index < -0.39 is 6.10 Å². The molecule has 1 aromatic rings. The van der Waals surface area contributed by atoms with E-state index in [1.807, 2.05) is 13.0 Å². The van der Waals surface area contributed by atoms with Crippen LogP contribution in [0.1, 0.15) is 18.6 Å². The lowest BCUT2D eigenvalue weighted by molar-refractivity contribution is -0.122. The average molecular weight is 220 g/mol. The van der Waals surface area contributed by atoms with Crippen LogP contribution in [0.15, 0.2) is 29.3 Å². The highest BCUT2D eigenvalue weighted by Gasteiger charge is 2.29. The lowest BCUT2D eigenvalue weighted by Gasteiger charge is -2.10. The van der Waals surface area contributed by atoms with Gasteiger partial charge in [-0.3, -0.25) is 4.79 Å². The van der Waals surface area contributed by atoms with Crippen LogP contribution in [0.4, 0.5) is 0 Å². The van der Waals surface area contributed by atoms with Crippen LogP contribution in [0.25, 0.3) is 0 Å². The van der Waals surface area contributed by atoms with Crippen molar-refractivity contribution in [2.45, 2.75) is 13.0 Å². The number of hydrogen-bond acceptors (Lipinski definition) is 4. The standard InChI is InChI=1S/C11H12N2O3/c1-2-15-8-5-3-4-7(6-8)9-10(14)13-11(12)16-9/h3-6,9H,2H2,1H3,(H2,12,13,14). The first kappa shape index (κ1) is 10.5. The molecule has 2 rings (SSSR count). The maximum absolute atomic E-state index is 11.4. The smallest absolute Gasteiger partial charge is 0.296 e. The second-order valence-corrected chi connectivity index (χ2v) is 3.29. The van der Waals surface area contributed by atoms with Crippen LogP contribution in [0, 0.1) is 0 Å². The Kier molecular flexibility index (Phi) is 2.76. The summed E-state index contributed by atoms with van der Waals surface area (Å²) in [6.07, 6.45) is -0.736. The Morgan fingerprint density at radius 1 is 1.56 bits per heavy atom. The first-order valence-corrected chi connectivity index (χ1v) is 4.98. The van der Waals surface area contributed by atoms with Crippen molar-refractivity contribution in [2.75, 3.05) is 6.61 Å². The third-order valence-electron chi connectivity index (χ3n) is 2.16. The number of ether oxygens (including phenoxy) is 2. The molecule has 1 amide bonds. The largest absolute Gasteiger partial charge is 0.494 e. The minimum Gasteiger partial charge on any atom is -0.494 e. The molecule has 0 saturated heterocycles. The van der Waals surface area contributed by atoms with E-state index in [-0.39, 0.29) is 11.9 Å². The molecular formula is C11H12N2O3. The van der Waals surface area contributed by atoms with Gasteiger partial charge in [0.15, 0.2) is 0 Å². The van der Waals surface area contributed by atoms with Crippen LogP contribution in [0.2, 0.25) is 0 Å². The van der Waals surface area contributed by atoms with Crippen LogP contribution < -0.4 is 10.5 Å². The molecule has 1 aliphatic heterocycles. The number of carbonyl (C=O) groups is 1.